The van der Waals surface area contributed by atoms with E-state index in [0.29, 0.717) is 17.0 Å². The van der Waals surface area contributed by atoms with Crippen molar-refractivity contribution in [2.75, 3.05) is 24.2 Å². The highest BCUT2D eigenvalue weighted by molar-refractivity contribution is 7.99. The topological polar surface area (TPSA) is 67.2 Å². The van der Waals surface area contributed by atoms with Gasteiger partial charge in [0.25, 0.3) is 0 Å². The predicted octanol–water partition coefficient (Wildman–Crippen LogP) is 4.41. The maximum absolute atomic E-state index is 13.8. The van der Waals surface area contributed by atoms with Crippen molar-refractivity contribution in [1.29, 1.82) is 0 Å². The minimum Gasteiger partial charge on any atom is -0.341 e. The van der Waals surface area contributed by atoms with Gasteiger partial charge in [0, 0.05) is 13.1 Å². The molecule has 8 heteroatoms. The second-order valence-corrected chi connectivity index (χ2v) is 9.47. The van der Waals surface area contributed by atoms with Gasteiger partial charge in [-0.2, -0.15) is 0 Å². The van der Waals surface area contributed by atoms with Crippen LogP contribution >= 0.6 is 11.8 Å². The summed E-state index contributed by atoms with van der Waals surface area (Å²) in [6.07, 6.45) is 1.13. The number of carbonyl (C=O) groups excluding carboxylic acids is 2. The van der Waals surface area contributed by atoms with Gasteiger partial charge < -0.3 is 14.8 Å². The second kappa shape index (κ2) is 9.73. The number of nitrogens with one attached hydrogen (secondary N) is 1. The van der Waals surface area contributed by atoms with Gasteiger partial charge in [0.15, 0.2) is 5.16 Å². The fourth-order valence-corrected chi connectivity index (χ4v) is 5.11. The first-order valence-corrected chi connectivity index (χ1v) is 11.8. The van der Waals surface area contributed by atoms with Gasteiger partial charge in [-0.05, 0) is 42.5 Å². The quantitative estimate of drug-likeness (QED) is 0.560. The highest BCUT2D eigenvalue weighted by Gasteiger charge is 2.26. The number of likely N-dealkylation sites (tertiary alicyclic amines) is 1. The van der Waals surface area contributed by atoms with Crippen LogP contribution in [0.3, 0.4) is 0 Å². The van der Waals surface area contributed by atoms with Crippen molar-refractivity contribution in [3.05, 3.63) is 54.3 Å². The number of thioether (sulfide) groups is 1. The molecule has 1 aromatic heterocycles. The minimum absolute atomic E-state index is 0.0592. The maximum Gasteiger partial charge on any atom is 0.242 e. The zero-order chi connectivity index (χ0) is 22.7. The van der Waals surface area contributed by atoms with E-state index in [9.17, 15) is 14.0 Å². The van der Waals surface area contributed by atoms with Crippen LogP contribution in [0, 0.1) is 17.7 Å². The van der Waals surface area contributed by atoms with Gasteiger partial charge in [-0.15, -0.1) is 0 Å². The lowest BCUT2D eigenvalue weighted by Gasteiger charge is -2.35. The van der Waals surface area contributed by atoms with Crippen molar-refractivity contribution in [3.8, 4) is 0 Å². The van der Waals surface area contributed by atoms with Crippen LogP contribution < -0.4 is 5.32 Å². The molecule has 1 aliphatic rings. The number of imidazole rings is 1. The van der Waals surface area contributed by atoms with Crippen LogP contribution in [0.2, 0.25) is 0 Å². The summed E-state index contributed by atoms with van der Waals surface area (Å²) < 4.78 is 15.7. The molecule has 2 aromatic carbocycles. The summed E-state index contributed by atoms with van der Waals surface area (Å²) in [5.41, 5.74) is 1.78. The Kier molecular flexibility index (Phi) is 6.79. The molecule has 3 aromatic rings. The molecule has 1 fully saturated rings. The van der Waals surface area contributed by atoms with Crippen LogP contribution in [-0.2, 0) is 16.1 Å². The molecule has 2 heterocycles. The third kappa shape index (κ3) is 5.12. The normalized spacial score (nSPS) is 18.7. The Hall–Kier alpha value is -2.87. The number of hydrogen-bond donors (Lipinski definition) is 1. The van der Waals surface area contributed by atoms with E-state index in [0.717, 1.165) is 30.5 Å². The van der Waals surface area contributed by atoms with Gasteiger partial charge in [-0.25, -0.2) is 9.37 Å². The number of hydrogen-bond acceptors (Lipinski definition) is 4. The number of piperidine rings is 1. The van der Waals surface area contributed by atoms with E-state index in [2.05, 4.69) is 24.1 Å². The molecule has 0 spiro atoms. The van der Waals surface area contributed by atoms with Crippen molar-refractivity contribution in [3.63, 3.8) is 0 Å². The molecule has 0 radical (unpaired) electrons. The average Bonchev–Trinajstić information content (AvgIpc) is 3.10. The monoisotopic (exact) mass is 454 g/mol. The third-order valence-electron chi connectivity index (χ3n) is 5.61. The lowest BCUT2D eigenvalue weighted by atomic mass is 9.92. The number of fused-ring (bicyclic) bond motifs is 1. The van der Waals surface area contributed by atoms with Gasteiger partial charge in [0.2, 0.25) is 11.8 Å². The lowest BCUT2D eigenvalue weighted by molar-refractivity contribution is -0.134. The van der Waals surface area contributed by atoms with E-state index < -0.39 is 5.82 Å². The van der Waals surface area contributed by atoms with E-state index in [1.807, 2.05) is 33.7 Å². The van der Waals surface area contributed by atoms with Crippen molar-refractivity contribution >= 4 is 40.3 Å². The fourth-order valence-electron chi connectivity index (χ4n) is 4.30. The Bertz CT molecular complexity index is 1120. The molecule has 0 bridgehead atoms. The molecule has 0 aliphatic carbocycles. The summed E-state index contributed by atoms with van der Waals surface area (Å²) >= 11 is 1.24. The molecule has 0 unspecified atom stereocenters. The van der Waals surface area contributed by atoms with Crippen LogP contribution in [0.5, 0.6) is 0 Å². The molecule has 2 atom stereocenters. The average molecular weight is 455 g/mol. The fraction of sp³-hybridized carbons (Fsp3) is 0.375. The van der Waals surface area contributed by atoms with Crippen molar-refractivity contribution in [2.24, 2.45) is 11.8 Å². The summed E-state index contributed by atoms with van der Waals surface area (Å²) in [7, 11) is 0. The van der Waals surface area contributed by atoms with Gasteiger partial charge in [-0.3, -0.25) is 9.59 Å². The molecular weight excluding hydrogens is 427 g/mol. The zero-order valence-corrected chi connectivity index (χ0v) is 19.1. The van der Waals surface area contributed by atoms with Crippen LogP contribution in [0.1, 0.15) is 20.3 Å². The number of carbonyl (C=O) groups is 2. The molecule has 1 aliphatic heterocycles. The molecule has 32 heavy (non-hydrogen) atoms. The summed E-state index contributed by atoms with van der Waals surface area (Å²) in [5, 5.41) is 3.19. The van der Waals surface area contributed by atoms with E-state index in [-0.39, 0.29) is 29.8 Å². The highest BCUT2D eigenvalue weighted by Crippen LogP contribution is 2.26. The van der Waals surface area contributed by atoms with Gasteiger partial charge in [-0.1, -0.05) is 49.9 Å². The largest absolute Gasteiger partial charge is 0.341 e. The Labute approximate surface area is 191 Å². The minimum atomic E-state index is -0.478. The zero-order valence-electron chi connectivity index (χ0n) is 18.3. The molecule has 6 nitrogen and oxygen atoms in total. The smallest absolute Gasteiger partial charge is 0.242 e. The summed E-state index contributed by atoms with van der Waals surface area (Å²) in [4.78, 5) is 32.1. The first-order chi connectivity index (χ1) is 15.4. The maximum atomic E-state index is 13.8. The van der Waals surface area contributed by atoms with E-state index in [1.165, 1.54) is 23.9 Å². The Morgan fingerprint density at radius 2 is 1.78 bits per heavy atom. The van der Waals surface area contributed by atoms with Crippen molar-refractivity contribution in [1.82, 2.24) is 14.5 Å². The number of rotatable bonds is 6. The number of halogens is 1. The molecule has 2 amide bonds. The van der Waals surface area contributed by atoms with E-state index in [1.54, 1.807) is 12.1 Å². The van der Waals surface area contributed by atoms with Gasteiger partial charge >= 0.3 is 0 Å². The number of benzene rings is 2. The number of amides is 2. The Balaban J connectivity index is 1.49. The molecule has 1 saturated heterocycles. The molecular formula is C24H27FN4O2S. The van der Waals surface area contributed by atoms with Crippen LogP contribution in [0.15, 0.2) is 53.7 Å². The molecule has 168 valence electrons. The number of para-hydroxylation sites is 3. The molecule has 0 saturated carbocycles. The number of anilines is 1. The molecule has 1 N–H and O–H groups in total. The van der Waals surface area contributed by atoms with Crippen molar-refractivity contribution < 1.29 is 14.0 Å². The standard InChI is InChI=1S/C24H27FN4O2S/c1-16-11-17(2)13-28(12-16)23(31)14-29-21-10-6-5-9-20(21)27-24(29)32-15-22(30)26-19-8-4-3-7-18(19)25/h3-10,16-17H,11-15H2,1-2H3,(H,26,30)/t16-,17+. The number of aromatic nitrogens is 2. The summed E-state index contributed by atoms with van der Waals surface area (Å²) in [6, 6.07) is 13.7. The highest BCUT2D eigenvalue weighted by atomic mass is 32.2. The molecule has 4 rings (SSSR count). The van der Waals surface area contributed by atoms with Gasteiger partial charge in [0.05, 0.1) is 22.5 Å². The van der Waals surface area contributed by atoms with Crippen LogP contribution in [0.4, 0.5) is 10.1 Å². The Morgan fingerprint density at radius 3 is 2.53 bits per heavy atom. The van der Waals surface area contributed by atoms with Gasteiger partial charge in [0.1, 0.15) is 12.4 Å². The predicted molar refractivity (Wildman–Crippen MR) is 125 cm³/mol. The lowest BCUT2D eigenvalue weighted by Crippen LogP contribution is -2.44. The Morgan fingerprint density at radius 1 is 1.09 bits per heavy atom. The van der Waals surface area contributed by atoms with Crippen molar-refractivity contribution in [2.45, 2.75) is 32.0 Å². The summed E-state index contributed by atoms with van der Waals surface area (Å²) in [6.45, 7) is 6.07. The van der Waals surface area contributed by atoms with E-state index in [4.69, 9.17) is 0 Å². The van der Waals surface area contributed by atoms with Crippen LogP contribution in [0.25, 0.3) is 11.0 Å². The van der Waals surface area contributed by atoms with Crippen LogP contribution in [-0.4, -0.2) is 45.1 Å². The number of nitrogens with zero attached hydrogens (tertiary/aromatic N) is 3. The second-order valence-electron chi connectivity index (χ2n) is 8.53. The third-order valence-corrected chi connectivity index (χ3v) is 6.59. The SMILES string of the molecule is C[C@@H]1C[C@H](C)CN(C(=O)Cn2c(SCC(=O)Nc3ccccc3F)nc3ccccc32)C1. The summed E-state index contributed by atoms with van der Waals surface area (Å²) in [5.74, 6) is 0.279. The first kappa shape index (κ1) is 22.3. The van der Waals surface area contributed by atoms with E-state index >= 15 is 0 Å². The first-order valence-electron chi connectivity index (χ1n) is 10.8.